The molecule has 27 heavy (non-hydrogen) atoms. The highest BCUT2D eigenvalue weighted by atomic mass is 16.2. The third-order valence-corrected chi connectivity index (χ3v) is 4.43. The number of rotatable bonds is 4. The Labute approximate surface area is 155 Å². The molecule has 4 aromatic rings. The number of hydrogen-bond donors (Lipinski definition) is 1. The van der Waals surface area contributed by atoms with Gasteiger partial charge in [0.1, 0.15) is 0 Å². The first-order chi connectivity index (χ1) is 13.1. The highest BCUT2D eigenvalue weighted by Gasteiger charge is 2.08. The first kappa shape index (κ1) is 16.8. The van der Waals surface area contributed by atoms with Crippen LogP contribution < -0.4 is 10.9 Å². The third-order valence-electron chi connectivity index (χ3n) is 4.43. The second-order valence-electron chi connectivity index (χ2n) is 6.38. The average Bonchev–Trinajstić information content (AvgIpc) is 3.07. The maximum atomic E-state index is 12.4. The summed E-state index contributed by atoms with van der Waals surface area (Å²) in [6.45, 7) is 0.649. The van der Waals surface area contributed by atoms with E-state index in [4.69, 9.17) is 0 Å². The van der Waals surface area contributed by atoms with Gasteiger partial charge in [0.15, 0.2) is 0 Å². The molecule has 2 aromatic carbocycles. The minimum absolute atomic E-state index is 0.219. The number of nitrogens with zero attached hydrogens (tertiary/aromatic N) is 3. The summed E-state index contributed by atoms with van der Waals surface area (Å²) < 4.78 is 3.49. The van der Waals surface area contributed by atoms with E-state index in [0.717, 1.165) is 16.6 Å². The molecule has 0 bridgehead atoms. The number of nitrogens with one attached hydrogen (secondary N) is 1. The molecule has 0 unspecified atom stereocenters. The summed E-state index contributed by atoms with van der Waals surface area (Å²) in [5, 5.41) is 2.85. The maximum absolute atomic E-state index is 12.4. The number of hydrogen-bond acceptors (Lipinski definition) is 3. The number of benzene rings is 2. The van der Waals surface area contributed by atoms with Gasteiger partial charge in [-0.1, -0.05) is 24.3 Å². The van der Waals surface area contributed by atoms with Crippen molar-refractivity contribution in [2.24, 2.45) is 7.05 Å². The number of para-hydroxylation sites is 2. The van der Waals surface area contributed by atoms with Crippen LogP contribution in [0.1, 0.15) is 15.9 Å². The molecular formula is C21H18N4O2. The average molecular weight is 358 g/mol. The van der Waals surface area contributed by atoms with Crippen LogP contribution in [0.15, 0.2) is 78.0 Å². The van der Waals surface area contributed by atoms with Crippen molar-refractivity contribution in [3.05, 3.63) is 94.7 Å². The topological polar surface area (TPSA) is 68.9 Å². The predicted molar refractivity (Wildman–Crippen MR) is 105 cm³/mol. The highest BCUT2D eigenvalue weighted by molar-refractivity contribution is 6.04. The van der Waals surface area contributed by atoms with Crippen LogP contribution in [-0.4, -0.2) is 20.0 Å². The number of anilines is 1. The van der Waals surface area contributed by atoms with Gasteiger partial charge >= 0.3 is 0 Å². The number of aromatic nitrogens is 3. The van der Waals surface area contributed by atoms with Crippen molar-refractivity contribution in [2.75, 3.05) is 5.32 Å². The number of carbonyl (C=O) groups excluding carboxylic acids is 1. The van der Waals surface area contributed by atoms with E-state index in [1.807, 2.05) is 54.9 Å². The first-order valence-corrected chi connectivity index (χ1v) is 8.57. The third kappa shape index (κ3) is 3.50. The fourth-order valence-corrected chi connectivity index (χ4v) is 2.97. The predicted octanol–water partition coefficient (Wildman–Crippen LogP) is 3.04. The van der Waals surface area contributed by atoms with Crippen molar-refractivity contribution < 1.29 is 4.79 Å². The molecule has 0 radical (unpaired) electrons. The second kappa shape index (κ2) is 6.92. The van der Waals surface area contributed by atoms with Gasteiger partial charge in [0, 0.05) is 37.1 Å². The zero-order chi connectivity index (χ0) is 18.8. The Balaban J connectivity index is 1.54. The lowest BCUT2D eigenvalue weighted by molar-refractivity contribution is 0.102. The van der Waals surface area contributed by atoms with Crippen molar-refractivity contribution in [2.45, 2.75) is 6.54 Å². The fraction of sp³-hybridized carbons (Fsp3) is 0.0952. The zero-order valence-corrected chi connectivity index (χ0v) is 14.8. The Morgan fingerprint density at radius 1 is 1.07 bits per heavy atom. The molecule has 0 aliphatic carbocycles. The molecule has 2 aromatic heterocycles. The minimum atomic E-state index is -0.307. The van der Waals surface area contributed by atoms with E-state index in [1.165, 1.54) is 10.6 Å². The minimum Gasteiger partial charge on any atom is -0.326 e. The molecule has 0 aliphatic heterocycles. The second-order valence-corrected chi connectivity index (χ2v) is 6.38. The van der Waals surface area contributed by atoms with E-state index in [0.29, 0.717) is 17.8 Å². The lowest BCUT2D eigenvalue weighted by atomic mass is 10.2. The van der Waals surface area contributed by atoms with Gasteiger partial charge in [0.25, 0.3) is 11.5 Å². The largest absolute Gasteiger partial charge is 0.326 e. The van der Waals surface area contributed by atoms with Gasteiger partial charge in [-0.15, -0.1) is 0 Å². The highest BCUT2D eigenvalue weighted by Crippen LogP contribution is 2.17. The Morgan fingerprint density at radius 2 is 1.93 bits per heavy atom. The summed E-state index contributed by atoms with van der Waals surface area (Å²) in [5.41, 5.74) is 3.86. The van der Waals surface area contributed by atoms with E-state index in [1.54, 1.807) is 19.3 Å². The van der Waals surface area contributed by atoms with Crippen LogP contribution in [0.25, 0.3) is 11.0 Å². The van der Waals surface area contributed by atoms with Gasteiger partial charge in [-0.25, -0.2) is 4.98 Å². The molecule has 134 valence electrons. The normalized spacial score (nSPS) is 10.9. The lowest BCUT2D eigenvalue weighted by Crippen LogP contribution is -2.20. The van der Waals surface area contributed by atoms with Crippen LogP contribution >= 0.6 is 0 Å². The molecule has 0 saturated carbocycles. The standard InChI is InChI=1S/C21H18N4O2/c1-24-10-9-16(12-20(24)26)21(27)23-17-6-4-5-15(11-17)13-25-14-22-18-7-2-3-8-19(18)25/h2-12,14H,13H2,1H3,(H,23,27). The Hall–Kier alpha value is -3.67. The van der Waals surface area contributed by atoms with E-state index >= 15 is 0 Å². The number of imidazole rings is 1. The summed E-state index contributed by atoms with van der Waals surface area (Å²) in [5.74, 6) is -0.307. The van der Waals surface area contributed by atoms with Crippen LogP contribution in [0.2, 0.25) is 0 Å². The number of amides is 1. The molecule has 1 amide bonds. The molecule has 0 aliphatic rings. The number of aryl methyl sites for hydroxylation is 1. The van der Waals surface area contributed by atoms with Crippen LogP contribution in [0, 0.1) is 0 Å². The summed E-state index contributed by atoms with van der Waals surface area (Å²) in [4.78, 5) is 28.5. The van der Waals surface area contributed by atoms with Crippen molar-refractivity contribution in [1.82, 2.24) is 14.1 Å². The van der Waals surface area contributed by atoms with Crippen molar-refractivity contribution >= 4 is 22.6 Å². The zero-order valence-electron chi connectivity index (χ0n) is 14.8. The van der Waals surface area contributed by atoms with Gasteiger partial charge in [-0.3, -0.25) is 9.59 Å². The molecular weight excluding hydrogens is 340 g/mol. The fourth-order valence-electron chi connectivity index (χ4n) is 2.97. The van der Waals surface area contributed by atoms with E-state index in [2.05, 4.69) is 14.9 Å². The summed E-state index contributed by atoms with van der Waals surface area (Å²) in [6, 6.07) is 18.6. The molecule has 6 nitrogen and oxygen atoms in total. The molecule has 0 spiro atoms. The Morgan fingerprint density at radius 3 is 2.78 bits per heavy atom. The summed E-state index contributed by atoms with van der Waals surface area (Å²) in [7, 11) is 1.65. The van der Waals surface area contributed by atoms with Crippen LogP contribution in [0.3, 0.4) is 0 Å². The number of fused-ring (bicyclic) bond motifs is 1. The Bertz CT molecular complexity index is 1190. The van der Waals surface area contributed by atoms with Crippen molar-refractivity contribution in [3.63, 3.8) is 0 Å². The van der Waals surface area contributed by atoms with Crippen LogP contribution in [-0.2, 0) is 13.6 Å². The lowest BCUT2D eigenvalue weighted by Gasteiger charge is -2.09. The summed E-state index contributed by atoms with van der Waals surface area (Å²) >= 11 is 0. The van der Waals surface area contributed by atoms with Crippen LogP contribution in [0.4, 0.5) is 5.69 Å². The molecule has 0 atom stereocenters. The van der Waals surface area contributed by atoms with Gasteiger partial charge in [0.2, 0.25) is 0 Å². The molecule has 0 fully saturated rings. The van der Waals surface area contributed by atoms with Crippen LogP contribution in [0.5, 0.6) is 0 Å². The van der Waals surface area contributed by atoms with Gasteiger partial charge in [-0.2, -0.15) is 0 Å². The molecule has 4 rings (SSSR count). The molecule has 6 heteroatoms. The smallest absolute Gasteiger partial charge is 0.255 e. The first-order valence-electron chi connectivity index (χ1n) is 8.57. The quantitative estimate of drug-likeness (QED) is 0.610. The van der Waals surface area contributed by atoms with Gasteiger partial charge in [0.05, 0.1) is 17.4 Å². The molecule has 0 saturated heterocycles. The van der Waals surface area contributed by atoms with Crippen molar-refractivity contribution in [3.8, 4) is 0 Å². The number of carbonyl (C=O) groups is 1. The molecule has 1 N–H and O–H groups in total. The number of pyridine rings is 1. The van der Waals surface area contributed by atoms with Gasteiger partial charge in [-0.05, 0) is 35.9 Å². The van der Waals surface area contributed by atoms with E-state index in [9.17, 15) is 9.59 Å². The van der Waals surface area contributed by atoms with Crippen molar-refractivity contribution in [1.29, 1.82) is 0 Å². The Kier molecular flexibility index (Phi) is 4.30. The molecule has 2 heterocycles. The van der Waals surface area contributed by atoms with E-state index in [-0.39, 0.29) is 11.5 Å². The monoisotopic (exact) mass is 358 g/mol. The maximum Gasteiger partial charge on any atom is 0.255 e. The van der Waals surface area contributed by atoms with E-state index < -0.39 is 0 Å². The van der Waals surface area contributed by atoms with Gasteiger partial charge < -0.3 is 14.5 Å². The SMILES string of the molecule is Cn1ccc(C(=O)Nc2cccc(Cn3cnc4ccccc43)c2)cc1=O. The summed E-state index contributed by atoms with van der Waals surface area (Å²) in [6.07, 6.45) is 3.40.